The first-order valence-electron chi connectivity index (χ1n) is 1.86. The second kappa shape index (κ2) is 3.36. The van der Waals surface area contributed by atoms with Crippen LogP contribution in [-0.4, -0.2) is 24.4 Å². The summed E-state index contributed by atoms with van der Waals surface area (Å²) in [5.74, 6) is 0. The minimum atomic E-state index is -1.29. The molecule has 42 valence electrons. The van der Waals surface area contributed by atoms with Gasteiger partial charge >= 0.3 is 7.95 Å². The van der Waals surface area contributed by atoms with Crippen LogP contribution in [-0.2, 0) is 4.57 Å². The Bertz CT molecular complexity index is 75.3. The fourth-order valence-electron chi connectivity index (χ4n) is 0.107. The van der Waals surface area contributed by atoms with Crippen LogP contribution < -0.4 is 0 Å². The molecule has 1 unspecified atom stereocenters. The Morgan fingerprint density at radius 3 is 2.14 bits per heavy atom. The van der Waals surface area contributed by atoms with Gasteiger partial charge in [-0.1, -0.05) is 11.6 Å². The van der Waals surface area contributed by atoms with E-state index in [0.29, 0.717) is 0 Å². The molecular weight excluding hydrogens is 132 g/mol. The number of rotatable bonds is 2. The van der Waals surface area contributed by atoms with Gasteiger partial charge in [0.25, 0.3) is 0 Å². The number of nitrogens with zero attached hydrogens (tertiary/aromatic N) is 1. The van der Waals surface area contributed by atoms with E-state index in [2.05, 4.69) is 0 Å². The molecule has 0 N–H and O–H groups in total. The topological polar surface area (TPSA) is 20.3 Å². The Hall–Kier alpha value is 0.350. The molecule has 0 aromatic heterocycles. The lowest BCUT2D eigenvalue weighted by molar-refractivity contribution is 0.539. The Morgan fingerprint density at radius 2 is 2.14 bits per heavy atom. The fourth-order valence-corrected chi connectivity index (χ4v) is 0.962. The van der Waals surface area contributed by atoms with E-state index in [0.717, 1.165) is 0 Å². The van der Waals surface area contributed by atoms with Crippen molar-refractivity contribution < 1.29 is 4.57 Å². The van der Waals surface area contributed by atoms with E-state index < -0.39 is 7.95 Å². The summed E-state index contributed by atoms with van der Waals surface area (Å²) in [6.07, 6.45) is 0. The number of halogens is 1. The van der Waals surface area contributed by atoms with E-state index >= 15 is 0 Å². The summed E-state index contributed by atoms with van der Waals surface area (Å²) in [6.45, 7) is 0. The highest BCUT2D eigenvalue weighted by Crippen LogP contribution is 2.22. The smallest absolute Gasteiger partial charge is 0.102 e. The highest BCUT2D eigenvalue weighted by Gasteiger charge is 2.14. The molecule has 2 nitrogen and oxygen atoms in total. The number of alkyl halides is 1. The first-order chi connectivity index (χ1) is 3.18. The maximum absolute atomic E-state index is 10.5. The van der Waals surface area contributed by atoms with Crippen LogP contribution in [0.3, 0.4) is 0 Å². The summed E-state index contributed by atoms with van der Waals surface area (Å²) < 4.78 is 12.1. The lowest BCUT2D eigenvalue weighted by Gasteiger charge is -1.87. The summed E-state index contributed by atoms with van der Waals surface area (Å²) in [7, 11) is 2.19. The van der Waals surface area contributed by atoms with Gasteiger partial charge in [0.05, 0.1) is 0 Å². The van der Waals surface area contributed by atoms with Crippen molar-refractivity contribution in [3.63, 3.8) is 0 Å². The predicted octanol–water partition coefficient (Wildman–Crippen LogP) is 1.49. The molecule has 0 radical (unpaired) electrons. The third kappa shape index (κ3) is 2.98. The van der Waals surface area contributed by atoms with E-state index in [1.165, 1.54) is 0 Å². The zero-order chi connectivity index (χ0) is 5.86. The second-order valence-electron chi connectivity index (χ2n) is 1.32. The molecule has 0 saturated carbocycles. The van der Waals surface area contributed by atoms with Crippen molar-refractivity contribution in [3.05, 3.63) is 0 Å². The van der Waals surface area contributed by atoms with Gasteiger partial charge in [-0.15, -0.1) is 4.67 Å². The molecule has 4 heteroatoms. The van der Waals surface area contributed by atoms with E-state index in [1.807, 2.05) is 0 Å². The number of hydrogen-bond acceptors (Lipinski definition) is 1. The van der Waals surface area contributed by atoms with Crippen LogP contribution in [0, 0.1) is 0 Å². The minimum absolute atomic E-state index is 0.225. The molecule has 0 aromatic carbocycles. The quantitative estimate of drug-likeness (QED) is 0.428. The maximum atomic E-state index is 10.5. The second-order valence-corrected chi connectivity index (χ2v) is 3.78. The number of hydrogen-bond donors (Lipinski definition) is 0. The van der Waals surface area contributed by atoms with Crippen LogP contribution >= 0.6 is 19.6 Å². The lowest BCUT2D eigenvalue weighted by Crippen LogP contribution is -1.98. The molecule has 0 amide bonds. The molecule has 0 bridgehead atoms. The van der Waals surface area contributed by atoms with Gasteiger partial charge in [-0.05, 0) is 4.57 Å². The van der Waals surface area contributed by atoms with Gasteiger partial charge in [0.15, 0.2) is 0 Å². The van der Waals surface area contributed by atoms with Crippen molar-refractivity contribution in [1.82, 2.24) is 4.67 Å². The van der Waals surface area contributed by atoms with Gasteiger partial charge in [0.1, 0.15) is 0 Å². The van der Waals surface area contributed by atoms with Gasteiger partial charge in [-0.2, -0.15) is 0 Å². The Balaban J connectivity index is 3.35. The van der Waals surface area contributed by atoms with Crippen LogP contribution in [0.1, 0.15) is 0 Å². The molecular formula is C3H8ClNOP+. The van der Waals surface area contributed by atoms with Crippen molar-refractivity contribution in [2.45, 2.75) is 0 Å². The van der Waals surface area contributed by atoms with Gasteiger partial charge < -0.3 is 0 Å². The Morgan fingerprint density at radius 1 is 1.71 bits per heavy atom. The molecule has 0 saturated heterocycles. The zero-order valence-electron chi connectivity index (χ0n) is 4.39. The largest absolute Gasteiger partial charge is 0.450 e. The van der Waals surface area contributed by atoms with E-state index in [1.54, 1.807) is 18.8 Å². The third-order valence-electron chi connectivity index (χ3n) is 0.548. The van der Waals surface area contributed by atoms with Crippen LogP contribution in [0.4, 0.5) is 0 Å². The van der Waals surface area contributed by atoms with Crippen molar-refractivity contribution in [1.29, 1.82) is 0 Å². The lowest BCUT2D eigenvalue weighted by atomic mass is 11.3. The molecule has 0 heterocycles. The molecule has 0 aliphatic carbocycles. The monoisotopic (exact) mass is 140 g/mol. The zero-order valence-corrected chi connectivity index (χ0v) is 6.04. The molecule has 0 aromatic rings. The molecule has 1 atom stereocenters. The van der Waals surface area contributed by atoms with Gasteiger partial charge in [0, 0.05) is 14.1 Å². The molecule has 0 aliphatic rings. The maximum Gasteiger partial charge on any atom is 0.450 e. The average molecular weight is 141 g/mol. The third-order valence-corrected chi connectivity index (χ3v) is 2.26. The average Bonchev–Trinajstić information content (AvgIpc) is 1.65. The highest BCUT2D eigenvalue weighted by atomic mass is 35.5. The summed E-state index contributed by atoms with van der Waals surface area (Å²) in [4.78, 5) is 0. The minimum Gasteiger partial charge on any atom is -0.102 e. The normalized spacial score (nSPS) is 12.3. The summed E-state index contributed by atoms with van der Waals surface area (Å²) in [6, 6.07) is 0. The molecule has 0 fully saturated rings. The van der Waals surface area contributed by atoms with Crippen LogP contribution in [0.25, 0.3) is 0 Å². The first kappa shape index (κ1) is 7.35. The van der Waals surface area contributed by atoms with Crippen molar-refractivity contribution >= 4 is 19.6 Å². The van der Waals surface area contributed by atoms with Gasteiger partial charge in [-0.3, -0.25) is 0 Å². The summed E-state index contributed by atoms with van der Waals surface area (Å²) in [5.41, 5.74) is 0.225. The van der Waals surface area contributed by atoms with Crippen molar-refractivity contribution in [3.8, 4) is 0 Å². The van der Waals surface area contributed by atoms with Crippen LogP contribution in [0.2, 0.25) is 0 Å². The Labute approximate surface area is 49.3 Å². The van der Waals surface area contributed by atoms with Crippen molar-refractivity contribution in [2.75, 3.05) is 19.7 Å². The molecule has 7 heavy (non-hydrogen) atoms. The molecule has 0 spiro atoms. The molecule has 0 aliphatic heterocycles. The van der Waals surface area contributed by atoms with Gasteiger partial charge in [0.2, 0.25) is 5.62 Å². The van der Waals surface area contributed by atoms with Crippen LogP contribution in [0.15, 0.2) is 0 Å². The van der Waals surface area contributed by atoms with Crippen LogP contribution in [0.5, 0.6) is 0 Å². The Kier molecular flexibility index (Phi) is 3.53. The van der Waals surface area contributed by atoms with E-state index in [-0.39, 0.29) is 5.62 Å². The summed E-state index contributed by atoms with van der Waals surface area (Å²) in [5, 5.41) is 0. The summed E-state index contributed by atoms with van der Waals surface area (Å²) >= 11 is 5.22. The van der Waals surface area contributed by atoms with Gasteiger partial charge in [-0.25, -0.2) is 0 Å². The molecule has 0 rings (SSSR count). The van der Waals surface area contributed by atoms with Crippen molar-refractivity contribution in [2.24, 2.45) is 0 Å². The fraction of sp³-hybridized carbons (Fsp3) is 1.00. The van der Waals surface area contributed by atoms with E-state index in [9.17, 15) is 4.57 Å². The SMILES string of the molecule is CN(C)[P+](=O)CCl. The first-order valence-corrected chi connectivity index (χ1v) is 3.79. The highest BCUT2D eigenvalue weighted by molar-refractivity contribution is 7.44. The predicted molar refractivity (Wildman–Crippen MR) is 32.0 cm³/mol. The van der Waals surface area contributed by atoms with E-state index in [4.69, 9.17) is 11.6 Å². The standard InChI is InChI=1S/C3H8ClNOP/c1-5(2)7(6)3-4/h3H2,1-2H3/q+1.